The molecule has 1 fully saturated rings. The fourth-order valence-corrected chi connectivity index (χ4v) is 3.01. The third kappa shape index (κ3) is 4.90. The normalized spacial score (nSPS) is 16.5. The van der Waals surface area contributed by atoms with E-state index in [0.29, 0.717) is 12.2 Å². The zero-order valence-corrected chi connectivity index (χ0v) is 15.9. The largest absolute Gasteiger partial charge is 0.416 e. The molecule has 2 aromatic rings. The number of nitrogens with one attached hydrogen (secondary N) is 2. The number of alkyl halides is 3. The number of benzene rings is 1. The van der Waals surface area contributed by atoms with Crippen LogP contribution in [0.1, 0.15) is 34.6 Å². The molecule has 0 spiro atoms. The van der Waals surface area contributed by atoms with Crippen molar-refractivity contribution in [2.75, 3.05) is 13.1 Å². The summed E-state index contributed by atoms with van der Waals surface area (Å²) < 4.78 is 40.0. The lowest BCUT2D eigenvalue weighted by Gasteiger charge is -2.14. The van der Waals surface area contributed by atoms with Gasteiger partial charge in [-0.1, -0.05) is 6.07 Å². The number of halogens is 4. The third-order valence-electron chi connectivity index (χ3n) is 4.41. The predicted octanol–water partition coefficient (Wildman–Crippen LogP) is 2.46. The first-order valence-electron chi connectivity index (χ1n) is 8.56. The SMILES string of the molecule is Cc1cc(=O)c(C(=O)NCC2CCCN2)nn1-c1cccc(C(F)(F)F)c1.Cl. The molecule has 0 radical (unpaired) electrons. The highest BCUT2D eigenvalue weighted by atomic mass is 35.5. The standard InChI is InChI=1S/C18H19F3N4O2.ClH/c1-11-8-15(26)16(17(27)23-10-13-5-3-7-22-13)24-25(11)14-6-2-4-12(9-14)18(19,20)21;/h2,4,6,8-9,13,22H,3,5,7,10H2,1H3,(H,23,27);1H. The smallest absolute Gasteiger partial charge is 0.349 e. The Morgan fingerprint density at radius 1 is 1.36 bits per heavy atom. The highest BCUT2D eigenvalue weighted by Gasteiger charge is 2.30. The number of amides is 1. The average molecular weight is 417 g/mol. The monoisotopic (exact) mass is 416 g/mol. The van der Waals surface area contributed by atoms with E-state index >= 15 is 0 Å². The summed E-state index contributed by atoms with van der Waals surface area (Å²) in [5.41, 5.74) is -1.32. The molecule has 1 unspecified atom stereocenters. The van der Waals surface area contributed by atoms with Gasteiger partial charge in [-0.15, -0.1) is 12.4 Å². The van der Waals surface area contributed by atoms with Crippen LogP contribution in [0.4, 0.5) is 13.2 Å². The first-order valence-corrected chi connectivity index (χ1v) is 8.56. The van der Waals surface area contributed by atoms with E-state index in [0.717, 1.165) is 31.5 Å². The lowest BCUT2D eigenvalue weighted by molar-refractivity contribution is -0.137. The van der Waals surface area contributed by atoms with Gasteiger partial charge in [0.1, 0.15) is 0 Å². The Balaban J connectivity index is 0.00000280. The topological polar surface area (TPSA) is 76.0 Å². The van der Waals surface area contributed by atoms with Gasteiger partial charge in [0.15, 0.2) is 5.69 Å². The van der Waals surface area contributed by atoms with Crippen molar-refractivity contribution in [1.82, 2.24) is 20.4 Å². The van der Waals surface area contributed by atoms with Gasteiger partial charge in [0, 0.05) is 24.3 Å². The van der Waals surface area contributed by atoms with Gasteiger partial charge in [-0.3, -0.25) is 9.59 Å². The van der Waals surface area contributed by atoms with Crippen LogP contribution in [0.15, 0.2) is 35.1 Å². The Morgan fingerprint density at radius 3 is 2.75 bits per heavy atom. The van der Waals surface area contributed by atoms with Crippen LogP contribution >= 0.6 is 12.4 Å². The van der Waals surface area contributed by atoms with Crippen LogP contribution in [-0.2, 0) is 6.18 Å². The Kier molecular flexibility index (Phi) is 6.84. The first kappa shape index (κ1) is 21.9. The number of nitrogens with zero attached hydrogens (tertiary/aromatic N) is 2. The fraction of sp³-hybridized carbons (Fsp3) is 0.389. The molecular formula is C18H20ClF3N4O2. The minimum Gasteiger partial charge on any atom is -0.349 e. The summed E-state index contributed by atoms with van der Waals surface area (Å²) in [6, 6.07) is 5.89. The maximum absolute atomic E-state index is 13.0. The van der Waals surface area contributed by atoms with Gasteiger partial charge >= 0.3 is 6.18 Å². The fourth-order valence-electron chi connectivity index (χ4n) is 3.01. The maximum atomic E-state index is 13.0. The van der Waals surface area contributed by atoms with Crippen molar-refractivity contribution < 1.29 is 18.0 Å². The second kappa shape index (κ2) is 8.74. The number of aryl methyl sites for hydroxylation is 1. The van der Waals surface area contributed by atoms with E-state index in [-0.39, 0.29) is 29.8 Å². The zero-order chi connectivity index (χ0) is 19.6. The van der Waals surface area contributed by atoms with Gasteiger partial charge in [-0.25, -0.2) is 4.68 Å². The van der Waals surface area contributed by atoms with E-state index in [9.17, 15) is 22.8 Å². The Labute approximate surface area is 165 Å². The Hall–Kier alpha value is -2.39. The molecule has 0 saturated carbocycles. The maximum Gasteiger partial charge on any atom is 0.416 e. The summed E-state index contributed by atoms with van der Waals surface area (Å²) in [5.74, 6) is -0.644. The third-order valence-corrected chi connectivity index (χ3v) is 4.41. The molecular weight excluding hydrogens is 397 g/mol. The van der Waals surface area contributed by atoms with Crippen molar-refractivity contribution in [2.45, 2.75) is 32.0 Å². The molecule has 1 saturated heterocycles. The zero-order valence-electron chi connectivity index (χ0n) is 15.0. The highest BCUT2D eigenvalue weighted by Crippen LogP contribution is 2.30. The van der Waals surface area contributed by atoms with E-state index < -0.39 is 23.1 Å². The molecule has 152 valence electrons. The second-order valence-electron chi connectivity index (χ2n) is 6.46. The van der Waals surface area contributed by atoms with Crippen molar-refractivity contribution in [1.29, 1.82) is 0 Å². The van der Waals surface area contributed by atoms with Crippen LogP contribution in [0.25, 0.3) is 5.69 Å². The van der Waals surface area contributed by atoms with Crippen LogP contribution in [0.2, 0.25) is 0 Å². The first-order chi connectivity index (χ1) is 12.8. The van der Waals surface area contributed by atoms with Crippen molar-refractivity contribution in [3.8, 4) is 5.69 Å². The van der Waals surface area contributed by atoms with Crippen LogP contribution in [0.3, 0.4) is 0 Å². The molecule has 1 amide bonds. The Morgan fingerprint density at radius 2 is 2.11 bits per heavy atom. The Bertz CT molecular complexity index is 908. The van der Waals surface area contributed by atoms with Gasteiger partial charge < -0.3 is 10.6 Å². The summed E-state index contributed by atoms with van der Waals surface area (Å²) in [6.07, 6.45) is -2.56. The van der Waals surface area contributed by atoms with Crippen molar-refractivity contribution in [2.24, 2.45) is 0 Å². The lowest BCUT2D eigenvalue weighted by atomic mass is 10.2. The summed E-state index contributed by atoms with van der Waals surface area (Å²) >= 11 is 0. The minimum absolute atomic E-state index is 0. The van der Waals surface area contributed by atoms with Gasteiger partial charge in [0.25, 0.3) is 5.91 Å². The van der Waals surface area contributed by atoms with E-state index in [4.69, 9.17) is 0 Å². The van der Waals surface area contributed by atoms with Gasteiger partial charge in [0.05, 0.1) is 11.3 Å². The van der Waals surface area contributed by atoms with E-state index in [1.54, 1.807) is 6.92 Å². The number of carbonyl (C=O) groups excluding carboxylic acids is 1. The van der Waals surface area contributed by atoms with E-state index in [1.165, 1.54) is 22.9 Å². The molecule has 2 N–H and O–H groups in total. The molecule has 1 atom stereocenters. The molecule has 28 heavy (non-hydrogen) atoms. The van der Waals surface area contributed by atoms with Crippen LogP contribution in [0, 0.1) is 6.92 Å². The van der Waals surface area contributed by atoms with Crippen LogP contribution in [-0.4, -0.2) is 34.8 Å². The molecule has 1 aliphatic heterocycles. The van der Waals surface area contributed by atoms with Gasteiger partial charge in [0.2, 0.25) is 5.43 Å². The van der Waals surface area contributed by atoms with Crippen molar-refractivity contribution >= 4 is 18.3 Å². The van der Waals surface area contributed by atoms with Crippen LogP contribution < -0.4 is 16.1 Å². The minimum atomic E-state index is -4.50. The molecule has 10 heteroatoms. The molecule has 1 aliphatic rings. The van der Waals surface area contributed by atoms with Gasteiger partial charge in [-0.05, 0) is 44.5 Å². The number of rotatable bonds is 4. The summed E-state index contributed by atoms with van der Waals surface area (Å²) in [7, 11) is 0. The number of hydrogen-bond donors (Lipinski definition) is 2. The predicted molar refractivity (Wildman–Crippen MR) is 100 cm³/mol. The van der Waals surface area contributed by atoms with Crippen LogP contribution in [0.5, 0.6) is 0 Å². The van der Waals surface area contributed by atoms with Crippen molar-refractivity contribution in [3.05, 3.63) is 57.5 Å². The van der Waals surface area contributed by atoms with Gasteiger partial charge in [-0.2, -0.15) is 18.3 Å². The average Bonchev–Trinajstić information content (AvgIpc) is 3.13. The number of hydrogen-bond acceptors (Lipinski definition) is 4. The van der Waals surface area contributed by atoms with Crippen molar-refractivity contribution in [3.63, 3.8) is 0 Å². The second-order valence-corrected chi connectivity index (χ2v) is 6.46. The molecule has 2 heterocycles. The van der Waals surface area contributed by atoms with E-state index in [1.807, 2.05) is 0 Å². The molecule has 6 nitrogen and oxygen atoms in total. The lowest BCUT2D eigenvalue weighted by Crippen LogP contribution is -2.39. The van der Waals surface area contributed by atoms with E-state index in [2.05, 4.69) is 15.7 Å². The number of carbonyl (C=O) groups is 1. The summed E-state index contributed by atoms with van der Waals surface area (Å²) in [4.78, 5) is 24.5. The molecule has 3 rings (SSSR count). The molecule has 0 bridgehead atoms. The quantitative estimate of drug-likeness (QED) is 0.802. The summed E-state index contributed by atoms with van der Waals surface area (Å²) in [5, 5.41) is 9.89. The molecule has 0 aliphatic carbocycles. The molecule has 1 aromatic carbocycles. The highest BCUT2D eigenvalue weighted by molar-refractivity contribution is 5.92. The summed E-state index contributed by atoms with van der Waals surface area (Å²) in [6.45, 7) is 2.78. The number of aromatic nitrogens is 2. The molecule has 1 aromatic heterocycles.